The molecule has 3 heteroatoms. The molecule has 2 aromatic rings. The third-order valence-corrected chi connectivity index (χ3v) is 3.79. The summed E-state index contributed by atoms with van der Waals surface area (Å²) in [4.78, 5) is 12.6. The van der Waals surface area contributed by atoms with Gasteiger partial charge in [0, 0.05) is 9.49 Å². The fraction of sp³-hybridized carbons (Fsp3) is 0.188. The van der Waals surface area contributed by atoms with Crippen LogP contribution in [0.15, 0.2) is 48.5 Å². The van der Waals surface area contributed by atoms with Crippen molar-refractivity contribution in [3.05, 3.63) is 63.2 Å². The van der Waals surface area contributed by atoms with Crippen LogP contribution < -0.4 is 4.74 Å². The standard InChI is InChI=1S/C16H15IO2/c1-11(12-6-4-3-5-7-12)16(18)14-10-13(17)8-9-15(14)19-2/h3-11H,1-2H3. The van der Waals surface area contributed by atoms with Crippen molar-refractivity contribution in [1.29, 1.82) is 0 Å². The van der Waals surface area contributed by atoms with E-state index in [1.807, 2.05) is 55.5 Å². The van der Waals surface area contributed by atoms with Gasteiger partial charge in [0.1, 0.15) is 5.75 Å². The van der Waals surface area contributed by atoms with E-state index >= 15 is 0 Å². The Hall–Kier alpha value is -1.36. The Kier molecular flexibility index (Phi) is 4.58. The van der Waals surface area contributed by atoms with Crippen LogP contribution in [0.25, 0.3) is 0 Å². The number of hydrogen-bond acceptors (Lipinski definition) is 2. The van der Waals surface area contributed by atoms with E-state index in [1.54, 1.807) is 7.11 Å². The lowest BCUT2D eigenvalue weighted by atomic mass is 9.92. The van der Waals surface area contributed by atoms with Gasteiger partial charge in [-0.1, -0.05) is 37.3 Å². The Balaban J connectivity index is 2.37. The van der Waals surface area contributed by atoms with Gasteiger partial charge < -0.3 is 4.74 Å². The number of hydrogen-bond donors (Lipinski definition) is 0. The molecule has 2 rings (SSSR count). The first-order chi connectivity index (χ1) is 9.13. The van der Waals surface area contributed by atoms with Gasteiger partial charge >= 0.3 is 0 Å². The molecule has 0 bridgehead atoms. The first kappa shape index (κ1) is 14.1. The monoisotopic (exact) mass is 366 g/mol. The molecular formula is C16H15IO2. The molecule has 0 radical (unpaired) electrons. The number of ether oxygens (including phenoxy) is 1. The number of methoxy groups -OCH3 is 1. The van der Waals surface area contributed by atoms with Crippen molar-refractivity contribution in [3.63, 3.8) is 0 Å². The van der Waals surface area contributed by atoms with Crippen LogP contribution in [0.4, 0.5) is 0 Å². The Labute approximate surface area is 126 Å². The third kappa shape index (κ3) is 3.15. The summed E-state index contributed by atoms with van der Waals surface area (Å²) in [5.74, 6) is 0.545. The minimum Gasteiger partial charge on any atom is -0.496 e. The van der Waals surface area contributed by atoms with Gasteiger partial charge in [-0.2, -0.15) is 0 Å². The van der Waals surface area contributed by atoms with Crippen LogP contribution in [-0.4, -0.2) is 12.9 Å². The molecule has 1 atom stereocenters. The Morgan fingerprint density at radius 2 is 1.84 bits per heavy atom. The third-order valence-electron chi connectivity index (χ3n) is 3.12. The topological polar surface area (TPSA) is 26.3 Å². The molecule has 0 fully saturated rings. The minimum absolute atomic E-state index is 0.0848. The van der Waals surface area contributed by atoms with Crippen LogP contribution in [0.1, 0.15) is 28.8 Å². The fourth-order valence-corrected chi connectivity index (χ4v) is 2.49. The van der Waals surface area contributed by atoms with E-state index in [9.17, 15) is 4.79 Å². The number of benzene rings is 2. The van der Waals surface area contributed by atoms with Crippen molar-refractivity contribution < 1.29 is 9.53 Å². The highest BCUT2D eigenvalue weighted by Crippen LogP contribution is 2.27. The lowest BCUT2D eigenvalue weighted by Gasteiger charge is -2.14. The lowest BCUT2D eigenvalue weighted by molar-refractivity contribution is 0.0963. The zero-order chi connectivity index (χ0) is 13.8. The first-order valence-corrected chi connectivity index (χ1v) is 7.14. The number of Topliss-reactive ketones (excluding diaryl/α,β-unsaturated/α-hetero) is 1. The number of carbonyl (C=O) groups is 1. The highest BCUT2D eigenvalue weighted by molar-refractivity contribution is 14.1. The molecule has 0 aliphatic heterocycles. The SMILES string of the molecule is COc1ccc(I)cc1C(=O)C(C)c1ccccc1. The summed E-state index contributed by atoms with van der Waals surface area (Å²) in [7, 11) is 1.59. The second kappa shape index (κ2) is 6.19. The Morgan fingerprint density at radius 3 is 2.47 bits per heavy atom. The highest BCUT2D eigenvalue weighted by atomic mass is 127. The van der Waals surface area contributed by atoms with Gasteiger partial charge in [0.05, 0.1) is 12.7 Å². The van der Waals surface area contributed by atoms with E-state index in [0.717, 1.165) is 9.13 Å². The van der Waals surface area contributed by atoms with Gasteiger partial charge in [0.2, 0.25) is 0 Å². The average Bonchev–Trinajstić information content (AvgIpc) is 2.46. The first-order valence-electron chi connectivity index (χ1n) is 6.06. The molecule has 0 saturated carbocycles. The van der Waals surface area contributed by atoms with E-state index < -0.39 is 0 Å². The van der Waals surface area contributed by atoms with Crippen molar-refractivity contribution in [3.8, 4) is 5.75 Å². The second-order valence-electron chi connectivity index (χ2n) is 4.34. The van der Waals surface area contributed by atoms with Crippen molar-refractivity contribution in [2.45, 2.75) is 12.8 Å². The predicted molar refractivity (Wildman–Crippen MR) is 84.9 cm³/mol. The van der Waals surface area contributed by atoms with Crippen molar-refractivity contribution in [2.75, 3.05) is 7.11 Å². The van der Waals surface area contributed by atoms with Gasteiger partial charge in [-0.25, -0.2) is 0 Å². The summed E-state index contributed by atoms with van der Waals surface area (Å²) in [6, 6.07) is 15.5. The maximum absolute atomic E-state index is 12.6. The normalized spacial score (nSPS) is 11.9. The molecule has 0 aliphatic rings. The summed E-state index contributed by atoms with van der Waals surface area (Å²) < 4.78 is 6.31. The predicted octanol–water partition coefficient (Wildman–Crippen LogP) is 4.29. The van der Waals surface area contributed by atoms with Crippen molar-refractivity contribution >= 4 is 28.4 Å². The summed E-state index contributed by atoms with van der Waals surface area (Å²) in [6.07, 6.45) is 0. The van der Waals surface area contributed by atoms with Gasteiger partial charge in [-0.3, -0.25) is 4.79 Å². The maximum Gasteiger partial charge on any atom is 0.173 e. The molecule has 98 valence electrons. The molecule has 19 heavy (non-hydrogen) atoms. The van der Waals surface area contributed by atoms with E-state index in [-0.39, 0.29) is 11.7 Å². The molecule has 0 aliphatic carbocycles. The molecule has 2 aromatic carbocycles. The van der Waals surface area contributed by atoms with Crippen LogP contribution in [0, 0.1) is 3.57 Å². The molecule has 0 spiro atoms. The highest BCUT2D eigenvalue weighted by Gasteiger charge is 2.20. The summed E-state index contributed by atoms with van der Waals surface area (Å²) in [6.45, 7) is 1.93. The number of halogens is 1. The van der Waals surface area contributed by atoms with Crippen LogP contribution in [0.3, 0.4) is 0 Å². The van der Waals surface area contributed by atoms with Crippen LogP contribution in [-0.2, 0) is 0 Å². The lowest BCUT2D eigenvalue weighted by Crippen LogP contribution is -2.11. The minimum atomic E-state index is -0.173. The molecule has 2 nitrogen and oxygen atoms in total. The largest absolute Gasteiger partial charge is 0.496 e. The van der Waals surface area contributed by atoms with Gasteiger partial charge in [-0.05, 0) is 46.4 Å². The van der Waals surface area contributed by atoms with E-state index in [2.05, 4.69) is 22.6 Å². The Bertz CT molecular complexity index is 579. The van der Waals surface area contributed by atoms with Gasteiger partial charge in [0.25, 0.3) is 0 Å². The number of rotatable bonds is 4. The summed E-state index contributed by atoms with van der Waals surface area (Å²) in [5, 5.41) is 0. The zero-order valence-corrected chi connectivity index (χ0v) is 13.0. The molecule has 0 saturated heterocycles. The molecule has 0 amide bonds. The van der Waals surface area contributed by atoms with Crippen LogP contribution in [0.2, 0.25) is 0 Å². The van der Waals surface area contributed by atoms with Crippen molar-refractivity contribution in [1.82, 2.24) is 0 Å². The molecular weight excluding hydrogens is 351 g/mol. The van der Waals surface area contributed by atoms with Crippen LogP contribution in [0.5, 0.6) is 5.75 Å². The number of ketones is 1. The maximum atomic E-state index is 12.6. The average molecular weight is 366 g/mol. The zero-order valence-electron chi connectivity index (χ0n) is 10.9. The van der Waals surface area contributed by atoms with E-state index in [4.69, 9.17) is 4.74 Å². The van der Waals surface area contributed by atoms with Crippen LogP contribution >= 0.6 is 22.6 Å². The van der Waals surface area contributed by atoms with E-state index in [1.165, 1.54) is 0 Å². The number of carbonyl (C=O) groups excluding carboxylic acids is 1. The quantitative estimate of drug-likeness (QED) is 0.596. The smallest absolute Gasteiger partial charge is 0.173 e. The summed E-state index contributed by atoms with van der Waals surface area (Å²) in [5.41, 5.74) is 1.67. The van der Waals surface area contributed by atoms with Gasteiger partial charge in [-0.15, -0.1) is 0 Å². The van der Waals surface area contributed by atoms with E-state index in [0.29, 0.717) is 11.3 Å². The summed E-state index contributed by atoms with van der Waals surface area (Å²) >= 11 is 2.20. The molecule has 0 aromatic heterocycles. The Morgan fingerprint density at radius 1 is 1.16 bits per heavy atom. The van der Waals surface area contributed by atoms with Crippen molar-refractivity contribution in [2.24, 2.45) is 0 Å². The van der Waals surface area contributed by atoms with Gasteiger partial charge in [0.15, 0.2) is 5.78 Å². The second-order valence-corrected chi connectivity index (χ2v) is 5.59. The fourth-order valence-electron chi connectivity index (χ4n) is 2.00. The molecule has 0 N–H and O–H groups in total. The molecule has 1 unspecified atom stereocenters. The molecule has 0 heterocycles.